The molecular formula is C11H14N6O. The average Bonchev–Trinajstić information content (AvgIpc) is 2.87. The van der Waals surface area contributed by atoms with Crippen LogP contribution >= 0.6 is 0 Å². The number of nitrogens with two attached hydrogens (primary N) is 1. The fraction of sp³-hybridized carbons (Fsp3) is 0.273. The monoisotopic (exact) mass is 246 g/mol. The van der Waals surface area contributed by atoms with Crippen molar-refractivity contribution in [3.8, 4) is 0 Å². The van der Waals surface area contributed by atoms with E-state index in [-0.39, 0.29) is 5.91 Å². The van der Waals surface area contributed by atoms with Gasteiger partial charge in [0.1, 0.15) is 0 Å². The summed E-state index contributed by atoms with van der Waals surface area (Å²) in [7, 11) is 1.68. The highest BCUT2D eigenvalue weighted by atomic mass is 16.2. The second-order valence-electron chi connectivity index (χ2n) is 3.73. The molecule has 7 heteroatoms. The van der Waals surface area contributed by atoms with E-state index in [0.29, 0.717) is 18.8 Å². The van der Waals surface area contributed by atoms with E-state index in [0.717, 1.165) is 5.69 Å². The molecule has 18 heavy (non-hydrogen) atoms. The Morgan fingerprint density at radius 2 is 2.17 bits per heavy atom. The molecule has 0 aliphatic heterocycles. The molecule has 0 radical (unpaired) electrons. The van der Waals surface area contributed by atoms with Crippen molar-refractivity contribution in [1.82, 2.24) is 20.0 Å². The summed E-state index contributed by atoms with van der Waals surface area (Å²) >= 11 is 0. The maximum absolute atomic E-state index is 12.1. The second kappa shape index (κ2) is 5.37. The smallest absolute Gasteiger partial charge is 0.280 e. The molecule has 0 aromatic carbocycles. The van der Waals surface area contributed by atoms with Gasteiger partial charge in [-0.25, -0.2) is 0 Å². The zero-order valence-electron chi connectivity index (χ0n) is 10.0. The van der Waals surface area contributed by atoms with Crippen LogP contribution in [0.1, 0.15) is 10.5 Å². The molecule has 2 heterocycles. The minimum Gasteiger partial charge on any atom is -0.329 e. The quantitative estimate of drug-likeness (QED) is 0.814. The van der Waals surface area contributed by atoms with Crippen molar-refractivity contribution in [1.29, 1.82) is 0 Å². The first-order valence-electron chi connectivity index (χ1n) is 5.50. The zero-order chi connectivity index (χ0) is 13.0. The van der Waals surface area contributed by atoms with E-state index in [4.69, 9.17) is 5.73 Å². The molecule has 1 amide bonds. The lowest BCUT2D eigenvalue weighted by Gasteiger charge is -2.14. The third-order valence-corrected chi connectivity index (χ3v) is 2.47. The number of carbonyl (C=O) groups is 1. The van der Waals surface area contributed by atoms with E-state index >= 15 is 0 Å². The number of carbonyl (C=O) groups excluding carboxylic acids is 1. The normalized spacial score (nSPS) is 10.3. The van der Waals surface area contributed by atoms with Crippen LogP contribution in [0.25, 0.3) is 0 Å². The molecule has 0 fully saturated rings. The van der Waals surface area contributed by atoms with E-state index in [1.165, 1.54) is 4.90 Å². The summed E-state index contributed by atoms with van der Waals surface area (Å²) in [5.74, 6) is -0.218. The van der Waals surface area contributed by atoms with Crippen molar-refractivity contribution < 1.29 is 4.79 Å². The third kappa shape index (κ3) is 2.51. The number of hydrogen-bond acceptors (Lipinski definition) is 5. The van der Waals surface area contributed by atoms with Gasteiger partial charge in [0.25, 0.3) is 5.91 Å². The maximum atomic E-state index is 12.1. The molecule has 0 aliphatic rings. The van der Waals surface area contributed by atoms with E-state index < -0.39 is 0 Å². The van der Waals surface area contributed by atoms with Crippen molar-refractivity contribution in [2.24, 2.45) is 5.73 Å². The number of amides is 1. The first-order chi connectivity index (χ1) is 8.72. The molecule has 2 aromatic heterocycles. The lowest BCUT2D eigenvalue weighted by molar-refractivity contribution is 0.0988. The summed E-state index contributed by atoms with van der Waals surface area (Å²) in [5.41, 5.74) is 6.45. The summed E-state index contributed by atoms with van der Waals surface area (Å²) in [4.78, 5) is 17.5. The Hall–Kier alpha value is -2.28. The lowest BCUT2D eigenvalue weighted by atomic mass is 10.3. The summed E-state index contributed by atoms with van der Waals surface area (Å²) in [6, 6.07) is 3.50. The Bertz CT molecular complexity index is 523. The lowest BCUT2D eigenvalue weighted by Crippen LogP contribution is -2.26. The Kier molecular flexibility index (Phi) is 3.63. The van der Waals surface area contributed by atoms with Crippen LogP contribution < -0.4 is 10.6 Å². The highest BCUT2D eigenvalue weighted by molar-refractivity contribution is 6.04. The molecular weight excluding hydrogens is 232 g/mol. The fourth-order valence-electron chi connectivity index (χ4n) is 1.49. The first kappa shape index (κ1) is 12.2. The molecule has 0 saturated carbocycles. The van der Waals surface area contributed by atoms with E-state index in [1.807, 2.05) is 0 Å². The Morgan fingerprint density at radius 3 is 2.83 bits per heavy atom. The molecule has 0 spiro atoms. The van der Waals surface area contributed by atoms with Crippen molar-refractivity contribution in [2.45, 2.75) is 6.54 Å². The Balaban J connectivity index is 2.15. The molecule has 0 atom stereocenters. The largest absolute Gasteiger partial charge is 0.329 e. The van der Waals surface area contributed by atoms with E-state index in [2.05, 4.69) is 15.3 Å². The number of hydrogen-bond donors (Lipinski definition) is 1. The molecule has 0 bridgehead atoms. The van der Waals surface area contributed by atoms with Crippen LogP contribution in [0.3, 0.4) is 0 Å². The van der Waals surface area contributed by atoms with Crippen LogP contribution in [0, 0.1) is 0 Å². The molecule has 2 rings (SSSR count). The topological polar surface area (TPSA) is 89.9 Å². The highest BCUT2D eigenvalue weighted by Crippen LogP contribution is 2.12. The number of rotatable bonds is 4. The molecule has 0 aliphatic carbocycles. The predicted octanol–water partition coefficient (Wildman–Crippen LogP) is -0.0916. The van der Waals surface area contributed by atoms with Gasteiger partial charge in [0.2, 0.25) is 0 Å². The minimum absolute atomic E-state index is 0.218. The van der Waals surface area contributed by atoms with Gasteiger partial charge in [0, 0.05) is 31.7 Å². The number of nitrogens with zero attached hydrogens (tertiary/aromatic N) is 5. The molecule has 2 N–H and O–H groups in total. The third-order valence-electron chi connectivity index (χ3n) is 2.47. The second-order valence-corrected chi connectivity index (χ2v) is 3.73. The standard InChI is InChI=1S/C11H14N6O/c1-16(9-2-5-13-6-3-9)11(18)10-8-17(7-4-12)15-14-10/h2-3,5-6,8H,4,7,12H2,1H3. The van der Waals surface area contributed by atoms with Gasteiger partial charge < -0.3 is 10.6 Å². The molecule has 0 saturated heterocycles. The Morgan fingerprint density at radius 1 is 1.44 bits per heavy atom. The van der Waals surface area contributed by atoms with Crippen LogP contribution in [0.5, 0.6) is 0 Å². The number of anilines is 1. The van der Waals surface area contributed by atoms with Gasteiger partial charge in [-0.05, 0) is 12.1 Å². The van der Waals surface area contributed by atoms with E-state index in [9.17, 15) is 4.79 Å². The van der Waals surface area contributed by atoms with Crippen molar-refractivity contribution >= 4 is 11.6 Å². The van der Waals surface area contributed by atoms with Crippen LogP contribution in [-0.4, -0.2) is 39.5 Å². The van der Waals surface area contributed by atoms with Gasteiger partial charge in [0.05, 0.1) is 12.7 Å². The van der Waals surface area contributed by atoms with Crippen LogP contribution in [0.15, 0.2) is 30.7 Å². The van der Waals surface area contributed by atoms with Crippen molar-refractivity contribution in [3.05, 3.63) is 36.4 Å². The van der Waals surface area contributed by atoms with Gasteiger partial charge in [0.15, 0.2) is 5.69 Å². The summed E-state index contributed by atoms with van der Waals surface area (Å²) < 4.78 is 1.55. The predicted molar refractivity (Wildman–Crippen MR) is 66.0 cm³/mol. The van der Waals surface area contributed by atoms with Gasteiger partial charge in [-0.2, -0.15) is 0 Å². The van der Waals surface area contributed by atoms with Crippen LogP contribution in [0.2, 0.25) is 0 Å². The average molecular weight is 246 g/mol. The molecule has 2 aromatic rings. The van der Waals surface area contributed by atoms with Crippen molar-refractivity contribution in [2.75, 3.05) is 18.5 Å². The van der Waals surface area contributed by atoms with Crippen molar-refractivity contribution in [3.63, 3.8) is 0 Å². The number of pyridine rings is 1. The maximum Gasteiger partial charge on any atom is 0.280 e. The highest BCUT2D eigenvalue weighted by Gasteiger charge is 2.16. The summed E-state index contributed by atoms with van der Waals surface area (Å²) in [6.45, 7) is 0.996. The number of aromatic nitrogens is 4. The van der Waals surface area contributed by atoms with E-state index in [1.54, 1.807) is 42.5 Å². The fourth-order valence-corrected chi connectivity index (χ4v) is 1.49. The Labute approximate surface area is 104 Å². The zero-order valence-corrected chi connectivity index (χ0v) is 10.0. The molecule has 94 valence electrons. The minimum atomic E-state index is -0.218. The molecule has 0 unspecified atom stereocenters. The molecule has 7 nitrogen and oxygen atoms in total. The van der Waals surface area contributed by atoms with Crippen LogP contribution in [0.4, 0.5) is 5.69 Å². The van der Waals surface area contributed by atoms with Gasteiger partial charge in [-0.1, -0.05) is 5.21 Å². The van der Waals surface area contributed by atoms with Crippen LogP contribution in [-0.2, 0) is 6.54 Å². The SMILES string of the molecule is CN(C(=O)c1cn(CCN)nn1)c1ccncc1. The summed E-state index contributed by atoms with van der Waals surface area (Å²) in [6.07, 6.45) is 4.85. The van der Waals surface area contributed by atoms with Gasteiger partial charge >= 0.3 is 0 Å². The first-order valence-corrected chi connectivity index (χ1v) is 5.50. The van der Waals surface area contributed by atoms with Gasteiger partial charge in [-0.3, -0.25) is 14.5 Å². The summed E-state index contributed by atoms with van der Waals surface area (Å²) in [5, 5.41) is 7.66. The van der Waals surface area contributed by atoms with Gasteiger partial charge in [-0.15, -0.1) is 5.10 Å².